The molecule has 120 valence electrons. The number of nitrogens with zero attached hydrogens (tertiary/aromatic N) is 1. The highest BCUT2D eigenvalue weighted by atomic mass is 16.4. The lowest BCUT2D eigenvalue weighted by atomic mass is 10.0. The van der Waals surface area contributed by atoms with E-state index in [-0.39, 0.29) is 24.4 Å². The van der Waals surface area contributed by atoms with Crippen LogP contribution >= 0.6 is 0 Å². The van der Waals surface area contributed by atoms with Crippen LogP contribution < -0.4 is 10.2 Å². The number of carboxylic acids is 1. The zero-order valence-corrected chi connectivity index (χ0v) is 13.4. The molecule has 0 radical (unpaired) electrons. The van der Waals surface area contributed by atoms with Crippen LogP contribution in [0.15, 0.2) is 24.3 Å². The van der Waals surface area contributed by atoms with Gasteiger partial charge >= 0.3 is 5.97 Å². The molecule has 1 aliphatic heterocycles. The Bertz CT molecular complexity index is 557. The molecule has 0 aromatic heterocycles. The average molecular weight is 304 g/mol. The maximum absolute atomic E-state index is 12.2. The minimum Gasteiger partial charge on any atom is -0.480 e. The molecule has 0 saturated heterocycles. The van der Waals surface area contributed by atoms with Crippen molar-refractivity contribution in [2.75, 3.05) is 11.4 Å². The van der Waals surface area contributed by atoms with Crippen LogP contribution in [0.4, 0.5) is 5.69 Å². The number of amides is 1. The fraction of sp³-hybridized carbons (Fsp3) is 0.529. The smallest absolute Gasteiger partial charge is 0.326 e. The lowest BCUT2D eigenvalue weighted by Gasteiger charge is -2.25. The summed E-state index contributed by atoms with van der Waals surface area (Å²) in [4.78, 5) is 25.5. The van der Waals surface area contributed by atoms with E-state index < -0.39 is 12.0 Å². The van der Waals surface area contributed by atoms with Gasteiger partial charge in [0, 0.05) is 11.7 Å². The predicted octanol–water partition coefficient (Wildman–Crippen LogP) is 2.05. The zero-order valence-electron chi connectivity index (χ0n) is 13.4. The molecule has 5 nitrogen and oxygen atoms in total. The van der Waals surface area contributed by atoms with E-state index in [1.165, 1.54) is 5.56 Å². The van der Waals surface area contributed by atoms with Crippen molar-refractivity contribution in [1.29, 1.82) is 0 Å². The van der Waals surface area contributed by atoms with Gasteiger partial charge in [0.2, 0.25) is 5.91 Å². The Kier molecular flexibility index (Phi) is 5.06. The van der Waals surface area contributed by atoms with E-state index in [2.05, 4.69) is 18.3 Å². The molecule has 2 unspecified atom stereocenters. The minimum atomic E-state index is -0.975. The number of anilines is 1. The monoisotopic (exact) mass is 304 g/mol. The van der Waals surface area contributed by atoms with Crippen LogP contribution in [0.25, 0.3) is 0 Å². The van der Waals surface area contributed by atoms with E-state index in [0.717, 1.165) is 12.1 Å². The topological polar surface area (TPSA) is 69.6 Å². The number of hydrogen-bond donors (Lipinski definition) is 2. The Morgan fingerprint density at radius 3 is 2.68 bits per heavy atom. The fourth-order valence-corrected chi connectivity index (χ4v) is 2.96. The highest BCUT2D eigenvalue weighted by molar-refractivity contribution is 5.87. The standard InChI is InChI=1S/C17H24N2O3/c1-11(2)8-14(17(21)22)18-16(20)10-19-12(3)9-13-6-4-5-7-15(13)19/h4-7,11-12,14H,8-10H2,1-3H3,(H,18,20)(H,21,22). The van der Waals surface area contributed by atoms with Gasteiger partial charge in [-0.15, -0.1) is 0 Å². The van der Waals surface area contributed by atoms with Gasteiger partial charge in [-0.25, -0.2) is 4.79 Å². The Morgan fingerprint density at radius 1 is 1.36 bits per heavy atom. The lowest BCUT2D eigenvalue weighted by molar-refractivity contribution is -0.142. The van der Waals surface area contributed by atoms with E-state index in [9.17, 15) is 14.7 Å². The Balaban J connectivity index is 2.01. The van der Waals surface area contributed by atoms with Crippen LogP contribution in [0.1, 0.15) is 32.8 Å². The molecule has 0 saturated carbocycles. The number of aliphatic carboxylic acids is 1. The molecule has 1 heterocycles. The first-order valence-corrected chi connectivity index (χ1v) is 7.75. The molecule has 1 aromatic carbocycles. The fourth-order valence-electron chi connectivity index (χ4n) is 2.96. The summed E-state index contributed by atoms with van der Waals surface area (Å²) in [5.74, 6) is -0.999. The van der Waals surface area contributed by atoms with Crippen molar-refractivity contribution in [3.63, 3.8) is 0 Å². The highest BCUT2D eigenvalue weighted by Crippen LogP contribution is 2.31. The maximum atomic E-state index is 12.2. The molecule has 2 N–H and O–H groups in total. The van der Waals surface area contributed by atoms with Crippen LogP contribution in [-0.4, -0.2) is 35.6 Å². The summed E-state index contributed by atoms with van der Waals surface area (Å²) in [6.07, 6.45) is 1.35. The van der Waals surface area contributed by atoms with Crippen molar-refractivity contribution >= 4 is 17.6 Å². The van der Waals surface area contributed by atoms with Gasteiger partial charge in [0.15, 0.2) is 0 Å². The summed E-state index contributed by atoms with van der Waals surface area (Å²) in [6, 6.07) is 7.47. The quantitative estimate of drug-likeness (QED) is 0.844. The van der Waals surface area contributed by atoms with Crippen molar-refractivity contribution in [3.8, 4) is 0 Å². The van der Waals surface area contributed by atoms with E-state index >= 15 is 0 Å². The molecule has 0 aliphatic carbocycles. The predicted molar refractivity (Wildman–Crippen MR) is 86.0 cm³/mol. The van der Waals surface area contributed by atoms with Crippen LogP contribution in [0.5, 0.6) is 0 Å². The van der Waals surface area contributed by atoms with Crippen molar-refractivity contribution in [2.45, 2.75) is 45.7 Å². The van der Waals surface area contributed by atoms with Crippen LogP contribution in [0, 0.1) is 5.92 Å². The third kappa shape index (κ3) is 3.78. The SMILES string of the molecule is CC(C)CC(NC(=O)CN1c2ccccc2CC1C)C(=O)O. The normalized spacial score (nSPS) is 18.2. The number of benzene rings is 1. The van der Waals surface area contributed by atoms with Gasteiger partial charge in [-0.3, -0.25) is 4.79 Å². The summed E-state index contributed by atoms with van der Waals surface area (Å²) in [6.45, 7) is 6.16. The van der Waals surface area contributed by atoms with Crippen molar-refractivity contribution in [1.82, 2.24) is 5.32 Å². The van der Waals surface area contributed by atoms with Crippen molar-refractivity contribution in [3.05, 3.63) is 29.8 Å². The average Bonchev–Trinajstić information content (AvgIpc) is 2.74. The largest absolute Gasteiger partial charge is 0.480 e. The number of carbonyl (C=O) groups excluding carboxylic acids is 1. The molecule has 5 heteroatoms. The van der Waals surface area contributed by atoms with Gasteiger partial charge in [-0.1, -0.05) is 32.0 Å². The van der Waals surface area contributed by atoms with Crippen LogP contribution in [0.2, 0.25) is 0 Å². The second-order valence-corrected chi connectivity index (χ2v) is 6.40. The van der Waals surface area contributed by atoms with E-state index in [1.54, 1.807) is 0 Å². The molecule has 0 fully saturated rings. The number of nitrogens with one attached hydrogen (secondary N) is 1. The minimum absolute atomic E-state index is 0.194. The number of fused-ring (bicyclic) bond motifs is 1. The number of carboxylic acid groups (broad SMARTS) is 1. The van der Waals surface area contributed by atoms with E-state index in [4.69, 9.17) is 0 Å². The van der Waals surface area contributed by atoms with Crippen LogP contribution in [-0.2, 0) is 16.0 Å². The van der Waals surface area contributed by atoms with E-state index in [1.807, 2.05) is 36.9 Å². The molecule has 1 amide bonds. The second kappa shape index (κ2) is 6.81. The summed E-state index contributed by atoms with van der Waals surface area (Å²) < 4.78 is 0. The summed E-state index contributed by atoms with van der Waals surface area (Å²) in [5.41, 5.74) is 2.31. The molecule has 1 aromatic rings. The number of hydrogen-bond acceptors (Lipinski definition) is 3. The second-order valence-electron chi connectivity index (χ2n) is 6.40. The third-order valence-electron chi connectivity index (χ3n) is 4.00. The Morgan fingerprint density at radius 2 is 2.05 bits per heavy atom. The zero-order chi connectivity index (χ0) is 16.3. The summed E-state index contributed by atoms with van der Waals surface area (Å²) in [7, 11) is 0. The van der Waals surface area contributed by atoms with Gasteiger partial charge in [-0.05, 0) is 37.3 Å². The third-order valence-corrected chi connectivity index (χ3v) is 4.00. The number of carbonyl (C=O) groups is 2. The van der Waals surface area contributed by atoms with E-state index in [0.29, 0.717) is 6.42 Å². The van der Waals surface area contributed by atoms with Crippen molar-refractivity contribution in [2.24, 2.45) is 5.92 Å². The van der Waals surface area contributed by atoms with Gasteiger partial charge in [0.1, 0.15) is 6.04 Å². The molecular formula is C17H24N2O3. The van der Waals surface area contributed by atoms with Gasteiger partial charge in [0.05, 0.1) is 6.54 Å². The Hall–Kier alpha value is -2.04. The van der Waals surface area contributed by atoms with Crippen molar-refractivity contribution < 1.29 is 14.7 Å². The first-order valence-electron chi connectivity index (χ1n) is 7.75. The molecule has 0 spiro atoms. The first kappa shape index (κ1) is 16.3. The highest BCUT2D eigenvalue weighted by Gasteiger charge is 2.28. The Labute approximate surface area is 131 Å². The molecule has 2 rings (SSSR count). The molecule has 22 heavy (non-hydrogen) atoms. The number of rotatable bonds is 6. The first-order chi connectivity index (χ1) is 10.4. The number of para-hydroxylation sites is 1. The molecule has 1 aliphatic rings. The van der Waals surface area contributed by atoms with Gasteiger partial charge in [0.25, 0.3) is 0 Å². The molecule has 2 atom stereocenters. The lowest BCUT2D eigenvalue weighted by Crippen LogP contribution is -2.47. The summed E-state index contributed by atoms with van der Waals surface area (Å²) >= 11 is 0. The molecule has 0 bridgehead atoms. The molecular weight excluding hydrogens is 280 g/mol. The summed E-state index contributed by atoms with van der Waals surface area (Å²) in [5, 5.41) is 11.9. The van der Waals surface area contributed by atoms with Gasteiger partial charge in [-0.2, -0.15) is 0 Å². The maximum Gasteiger partial charge on any atom is 0.326 e. The van der Waals surface area contributed by atoms with Gasteiger partial charge < -0.3 is 15.3 Å². The van der Waals surface area contributed by atoms with Crippen LogP contribution in [0.3, 0.4) is 0 Å².